The Kier molecular flexibility index (Phi) is 16.0. The Morgan fingerprint density at radius 1 is 0.688 bits per heavy atom. The number of phenols is 1. The van der Waals surface area contributed by atoms with E-state index in [0.717, 1.165) is 114 Å². The van der Waals surface area contributed by atoms with Crippen molar-refractivity contribution in [3.05, 3.63) is 80.9 Å². The fourth-order valence-electron chi connectivity index (χ4n) is 11.0. The van der Waals surface area contributed by atoms with Gasteiger partial charge in [0.2, 0.25) is 11.9 Å². The molecular weight excluding hydrogens is 1050 g/mol. The molecule has 0 bridgehead atoms. The predicted octanol–water partition coefficient (Wildman–Crippen LogP) is 5.84. The molecule has 5 fully saturated rings. The van der Waals surface area contributed by atoms with Gasteiger partial charge >= 0.3 is 11.4 Å². The molecule has 0 unspecified atom stereocenters. The number of aromatic nitrogens is 12. The van der Waals surface area contributed by atoms with Crippen molar-refractivity contribution in [1.29, 1.82) is 0 Å². The number of nitrogens with one attached hydrogen (secondary N) is 4. The number of aliphatic hydroxyl groups is 1. The molecule has 9 heterocycles. The molecule has 4 aromatic heterocycles. The van der Waals surface area contributed by atoms with Gasteiger partial charge in [-0.3, -0.25) is 9.80 Å². The number of rotatable bonds is 13. The first-order valence-electron chi connectivity index (χ1n) is 26.6. The normalized spacial score (nSPS) is 21.7. The average molecular weight is 1120 g/mol. The third-order valence-electron chi connectivity index (χ3n) is 14.9. The first-order chi connectivity index (χ1) is 37.6. The van der Waals surface area contributed by atoms with Crippen LogP contribution in [0.25, 0.3) is 11.4 Å². The zero-order chi connectivity index (χ0) is 57.6. The van der Waals surface area contributed by atoms with E-state index in [-0.39, 0.29) is 87.4 Å². The van der Waals surface area contributed by atoms with Crippen molar-refractivity contribution in [2.45, 2.75) is 153 Å². The third kappa shape index (κ3) is 13.1. The quantitative estimate of drug-likeness (QED) is 0.0450. The van der Waals surface area contributed by atoms with Crippen LogP contribution >= 0.6 is 0 Å². The van der Waals surface area contributed by atoms with Crippen LogP contribution in [0.4, 0.5) is 52.5 Å². The van der Waals surface area contributed by atoms with Crippen LogP contribution in [0.5, 0.6) is 11.5 Å². The molecule has 28 heteroatoms. The molecule has 6 N–H and O–H groups in total. The zero-order valence-corrected chi connectivity index (χ0v) is 46.6. The van der Waals surface area contributed by atoms with E-state index in [4.69, 9.17) is 9.47 Å². The van der Waals surface area contributed by atoms with Crippen LogP contribution in [0.15, 0.2) is 46.2 Å². The lowest BCUT2D eigenvalue weighted by molar-refractivity contribution is 0.0283. The second-order valence-electron chi connectivity index (χ2n) is 23.6. The maximum Gasteiger partial charge on any atom is 0.368 e. The van der Waals surface area contributed by atoms with Gasteiger partial charge < -0.3 is 41.0 Å². The van der Waals surface area contributed by atoms with Crippen molar-refractivity contribution in [3.63, 3.8) is 0 Å². The molecule has 24 nitrogen and oxygen atoms in total. The van der Waals surface area contributed by atoms with Crippen molar-refractivity contribution in [2.75, 3.05) is 47.6 Å². The fraction of sp³-hybridized carbons (Fsp3) is 0.577. The molecule has 11 rings (SSSR count). The number of hydrogen-bond acceptors (Lipinski definition) is 20. The summed E-state index contributed by atoms with van der Waals surface area (Å²) in [6.45, 7) is 19.0. The highest BCUT2D eigenvalue weighted by Crippen LogP contribution is 2.41. The summed E-state index contributed by atoms with van der Waals surface area (Å²) in [6.07, 6.45) is 10.0. The van der Waals surface area contributed by atoms with E-state index in [2.05, 4.69) is 113 Å². The summed E-state index contributed by atoms with van der Waals surface area (Å²) in [7, 11) is 2.81. The van der Waals surface area contributed by atoms with Crippen molar-refractivity contribution in [3.8, 4) is 22.9 Å². The Labute approximate surface area is 458 Å². The van der Waals surface area contributed by atoms with Crippen LogP contribution in [0.2, 0.25) is 0 Å². The van der Waals surface area contributed by atoms with Gasteiger partial charge in [-0.25, -0.2) is 37.1 Å². The summed E-state index contributed by atoms with van der Waals surface area (Å²) >= 11 is 0. The Hall–Kier alpha value is -7.30. The number of halogens is 4. The first-order valence-corrected chi connectivity index (χ1v) is 26.6. The number of hydrogen-bond donors (Lipinski definition) is 6. The minimum Gasteiger partial charge on any atom is -0.506 e. The largest absolute Gasteiger partial charge is 0.506 e. The van der Waals surface area contributed by atoms with Gasteiger partial charge in [-0.1, -0.05) is 0 Å². The summed E-state index contributed by atoms with van der Waals surface area (Å²) in [5.41, 5.74) is -2.44. The molecule has 0 radical (unpaired) electrons. The van der Waals surface area contributed by atoms with E-state index in [0.29, 0.717) is 12.1 Å². The minimum absolute atomic E-state index is 0.00828. The number of ether oxygens (including phenoxy) is 2. The van der Waals surface area contributed by atoms with Gasteiger partial charge in [-0.05, 0) is 153 Å². The smallest absolute Gasteiger partial charge is 0.368 e. The molecule has 0 aliphatic carbocycles. The van der Waals surface area contributed by atoms with Crippen molar-refractivity contribution < 1.29 is 37.2 Å². The van der Waals surface area contributed by atoms with E-state index in [9.17, 15) is 33.0 Å². The van der Waals surface area contributed by atoms with E-state index >= 15 is 4.39 Å². The fourth-order valence-corrected chi connectivity index (χ4v) is 11.0. The van der Waals surface area contributed by atoms with Gasteiger partial charge in [0.25, 0.3) is 0 Å². The highest BCUT2D eigenvalue weighted by Gasteiger charge is 2.44. The topological polar surface area (TPSA) is 274 Å². The van der Waals surface area contributed by atoms with Gasteiger partial charge in [0.05, 0.1) is 41.6 Å². The minimum atomic E-state index is -1.22. The Bertz CT molecular complexity index is 3330. The van der Waals surface area contributed by atoms with E-state index in [1.165, 1.54) is 40.1 Å². The van der Waals surface area contributed by atoms with Crippen molar-refractivity contribution in [1.82, 2.24) is 69.3 Å². The number of epoxide rings is 1. The summed E-state index contributed by atoms with van der Waals surface area (Å²) in [5, 5.41) is 46.9. The second kappa shape index (κ2) is 22.3. The maximum absolute atomic E-state index is 15.2. The first kappa shape index (κ1) is 57.4. The molecule has 0 amide bonds. The highest BCUT2D eigenvalue weighted by atomic mass is 19.1. The number of fused-ring (bicyclic) bond motifs is 2. The lowest BCUT2D eigenvalue weighted by Gasteiger charge is -2.47. The standard InChI is InChI=1S/C26H35F2N9O3.C22H27F2N9O2.C4H8O/c1-25(2)12-15(9-16-7-6-8-36(16)25)30-22-18(28)13-29-23(32-22)31-19-11-20(37-24(38)35(5)33-34-37)21(10-17(19)27)40-14-26(3,4)39;1-22(2)10-12(7-13-5-4-6-32(13)22)26-19-15(24)11-25-20(28-19)27-16-9-17(18(34)8-14(16)23)33-21(35)31(3)29-30-33;1-4(2)3-5-4/h10-11,13,15-16,39H,6-9,12,14H2,1-5H3,(H2,29,30,31,32);8-9,11-13,34H,4-7,10H2,1-3H3,(H2,25,26,27,28);3H2,1-2H3/t15-,16+;12-,13+;/m11./s1. The molecule has 80 heavy (non-hydrogen) atoms. The lowest BCUT2D eigenvalue weighted by atomic mass is 9.84. The van der Waals surface area contributed by atoms with Crippen molar-refractivity contribution in [2.24, 2.45) is 14.1 Å². The van der Waals surface area contributed by atoms with Crippen LogP contribution in [-0.4, -0.2) is 152 Å². The number of phenolic OH excluding ortho intramolecular Hbond substituents is 1. The molecule has 4 atom stereocenters. The summed E-state index contributed by atoms with van der Waals surface area (Å²) in [5.74, 6) is -3.35. The zero-order valence-electron chi connectivity index (χ0n) is 46.6. The average Bonchev–Trinajstić information content (AvgIpc) is 3.90. The van der Waals surface area contributed by atoms with Gasteiger partial charge in [-0.15, -0.1) is 0 Å². The van der Waals surface area contributed by atoms with Gasteiger partial charge in [0.1, 0.15) is 29.5 Å². The van der Waals surface area contributed by atoms with E-state index in [1.807, 2.05) is 0 Å². The number of aryl methyl sites for hydroxylation is 2. The van der Waals surface area contributed by atoms with Gasteiger partial charge in [0.15, 0.2) is 34.9 Å². The van der Waals surface area contributed by atoms with Gasteiger partial charge in [0, 0.05) is 61.5 Å². The molecule has 5 aliphatic rings. The van der Waals surface area contributed by atoms with Crippen molar-refractivity contribution >= 4 is 34.9 Å². The summed E-state index contributed by atoms with van der Waals surface area (Å²) < 4.78 is 73.5. The van der Waals surface area contributed by atoms with Crippen LogP contribution in [0, 0.1) is 23.3 Å². The number of benzene rings is 2. The second-order valence-corrected chi connectivity index (χ2v) is 23.6. The molecule has 0 saturated carbocycles. The lowest BCUT2D eigenvalue weighted by Crippen LogP contribution is -2.55. The van der Waals surface area contributed by atoms with Crippen LogP contribution in [0.3, 0.4) is 0 Å². The SMILES string of the molecule is CC1(C)CO1.Cn1nnn(-c2cc(Nc3ncc(F)c(N[C@@H]4C[C@@H]5CCCN5C(C)(C)C4)n3)c(F)cc2O)c1=O.Cn1nnn(-c2cc(Nc3ncc(F)c(N[C@@H]4C[C@@H]5CCCN5C(C)(C)C4)n3)c(F)cc2OCC(C)(C)O)c1=O. The molecule has 432 valence electrons. The highest BCUT2D eigenvalue weighted by molar-refractivity contribution is 5.65. The Morgan fingerprint density at radius 3 is 1.55 bits per heavy atom. The van der Waals surface area contributed by atoms with E-state index < -0.39 is 46.0 Å². The number of aromatic hydroxyl groups is 1. The summed E-state index contributed by atoms with van der Waals surface area (Å²) in [4.78, 5) is 46.2. The molecule has 0 spiro atoms. The molecule has 5 aliphatic heterocycles. The molecule has 6 aromatic rings. The van der Waals surface area contributed by atoms with E-state index in [1.54, 1.807) is 0 Å². The number of anilines is 6. The Morgan fingerprint density at radius 2 is 1.12 bits per heavy atom. The van der Waals surface area contributed by atoms with Crippen LogP contribution in [-0.2, 0) is 18.8 Å². The van der Waals surface area contributed by atoms with Crippen LogP contribution < -0.4 is 37.4 Å². The monoisotopic (exact) mass is 1120 g/mol. The number of piperidine rings is 2. The molecule has 2 aromatic carbocycles. The van der Waals surface area contributed by atoms with Gasteiger partial charge in [-0.2, -0.15) is 28.7 Å². The number of tetrazole rings is 2. The third-order valence-corrected chi connectivity index (χ3v) is 14.9. The predicted molar refractivity (Wildman–Crippen MR) is 288 cm³/mol. The summed E-state index contributed by atoms with van der Waals surface area (Å²) in [6, 6.07) is 5.31. The molecular formula is C52H70F4N18O6. The Balaban J connectivity index is 0.000000179. The molecule has 5 saturated heterocycles. The van der Waals surface area contributed by atoms with Crippen LogP contribution in [0.1, 0.15) is 107 Å². The maximum atomic E-state index is 15.2. The number of nitrogens with zero attached hydrogens (tertiary/aromatic N) is 14.